The van der Waals surface area contributed by atoms with Crippen LogP contribution in [0.2, 0.25) is 0 Å². The third-order valence-electron chi connectivity index (χ3n) is 2.97. The molecular weight excluding hydrogens is 218 g/mol. The molecule has 0 fully saturated rings. The van der Waals surface area contributed by atoms with Gasteiger partial charge in [0, 0.05) is 12.5 Å². The number of hydrogen-bond acceptors (Lipinski definition) is 3. The van der Waals surface area contributed by atoms with Crippen LogP contribution in [0, 0.1) is 13.8 Å². The number of nitrogens with two attached hydrogens (primary N) is 1. The van der Waals surface area contributed by atoms with Crippen LogP contribution in [0.15, 0.2) is 18.2 Å². The lowest BCUT2D eigenvalue weighted by atomic mass is 9.96. The van der Waals surface area contributed by atoms with Crippen molar-refractivity contribution in [3.8, 4) is 0 Å². The number of aliphatic carboxylic acids is 1. The second-order valence-corrected chi connectivity index (χ2v) is 4.38. The van der Waals surface area contributed by atoms with E-state index in [9.17, 15) is 9.90 Å². The molecule has 4 N–H and O–H groups in total. The Labute approximate surface area is 101 Å². The number of benzene rings is 1. The molecule has 0 amide bonds. The molecule has 0 aliphatic heterocycles. The molecule has 1 rings (SSSR count). The molecule has 0 aliphatic carbocycles. The van der Waals surface area contributed by atoms with Gasteiger partial charge in [-0.15, -0.1) is 0 Å². The average Bonchev–Trinajstić information content (AvgIpc) is 2.28. The van der Waals surface area contributed by atoms with Gasteiger partial charge in [-0.1, -0.05) is 18.2 Å². The highest BCUT2D eigenvalue weighted by molar-refractivity contribution is 5.66. The Balaban J connectivity index is 2.70. The maximum Gasteiger partial charge on any atom is 0.303 e. The zero-order valence-corrected chi connectivity index (χ0v) is 10.2. The summed E-state index contributed by atoms with van der Waals surface area (Å²) in [6.07, 6.45) is -0.569. The molecule has 2 atom stereocenters. The van der Waals surface area contributed by atoms with Crippen LogP contribution in [0.5, 0.6) is 0 Å². The third-order valence-corrected chi connectivity index (χ3v) is 2.97. The predicted octanol–water partition coefficient (Wildman–Crippen LogP) is 1.53. The van der Waals surface area contributed by atoms with Gasteiger partial charge < -0.3 is 15.9 Å². The lowest BCUT2D eigenvalue weighted by molar-refractivity contribution is -0.137. The zero-order chi connectivity index (χ0) is 13.0. The zero-order valence-electron chi connectivity index (χ0n) is 10.2. The molecule has 1 aromatic carbocycles. The molecule has 1 aromatic rings. The van der Waals surface area contributed by atoms with Gasteiger partial charge in [-0.25, -0.2) is 0 Å². The number of carboxylic acids is 1. The quantitative estimate of drug-likeness (QED) is 0.725. The number of aryl methyl sites for hydroxylation is 2. The van der Waals surface area contributed by atoms with E-state index in [-0.39, 0.29) is 12.8 Å². The van der Waals surface area contributed by atoms with Crippen LogP contribution in [0.4, 0.5) is 0 Å². The number of carboxylic acid groups (broad SMARTS) is 1. The van der Waals surface area contributed by atoms with Crippen LogP contribution in [-0.4, -0.2) is 22.2 Å². The molecule has 0 saturated heterocycles. The van der Waals surface area contributed by atoms with Crippen LogP contribution < -0.4 is 5.73 Å². The number of hydrogen-bond donors (Lipinski definition) is 3. The van der Waals surface area contributed by atoms with Crippen molar-refractivity contribution in [2.24, 2.45) is 5.73 Å². The summed E-state index contributed by atoms with van der Waals surface area (Å²) in [6, 6.07) is 5.10. The van der Waals surface area contributed by atoms with Gasteiger partial charge in [0.05, 0.1) is 6.10 Å². The van der Waals surface area contributed by atoms with Gasteiger partial charge in [-0.05, 0) is 37.0 Å². The molecule has 0 aromatic heterocycles. The Kier molecular flexibility index (Phi) is 4.66. The SMILES string of the molecule is Cc1ccc(C(O)C(N)CCC(=O)O)cc1C. The molecule has 0 radical (unpaired) electrons. The van der Waals surface area contributed by atoms with Gasteiger partial charge in [-0.3, -0.25) is 4.79 Å². The molecule has 0 bridgehead atoms. The summed E-state index contributed by atoms with van der Waals surface area (Å²) in [5.41, 5.74) is 8.76. The van der Waals surface area contributed by atoms with Crippen molar-refractivity contribution in [3.05, 3.63) is 34.9 Å². The van der Waals surface area contributed by atoms with Crippen LogP contribution in [-0.2, 0) is 4.79 Å². The van der Waals surface area contributed by atoms with E-state index in [0.717, 1.165) is 16.7 Å². The Morgan fingerprint density at radius 1 is 1.35 bits per heavy atom. The van der Waals surface area contributed by atoms with Crippen LogP contribution in [0.1, 0.15) is 35.6 Å². The van der Waals surface area contributed by atoms with Crippen molar-refractivity contribution in [1.82, 2.24) is 0 Å². The van der Waals surface area contributed by atoms with Crippen molar-refractivity contribution in [1.29, 1.82) is 0 Å². The van der Waals surface area contributed by atoms with E-state index < -0.39 is 18.1 Å². The number of carbonyl (C=O) groups is 1. The first-order valence-corrected chi connectivity index (χ1v) is 5.64. The molecule has 0 spiro atoms. The normalized spacial score (nSPS) is 14.4. The number of rotatable bonds is 5. The minimum absolute atomic E-state index is 0.0247. The average molecular weight is 237 g/mol. The number of aliphatic hydroxyl groups is 1. The van der Waals surface area contributed by atoms with Gasteiger partial charge in [0.2, 0.25) is 0 Å². The van der Waals surface area contributed by atoms with Crippen molar-refractivity contribution >= 4 is 5.97 Å². The predicted molar refractivity (Wildman–Crippen MR) is 65.7 cm³/mol. The molecule has 4 nitrogen and oxygen atoms in total. The molecule has 0 heterocycles. The monoisotopic (exact) mass is 237 g/mol. The van der Waals surface area contributed by atoms with E-state index in [0.29, 0.717) is 0 Å². The third kappa shape index (κ3) is 3.84. The smallest absolute Gasteiger partial charge is 0.303 e. The van der Waals surface area contributed by atoms with E-state index in [1.165, 1.54) is 0 Å². The van der Waals surface area contributed by atoms with Crippen molar-refractivity contribution in [2.45, 2.75) is 38.8 Å². The summed E-state index contributed by atoms with van der Waals surface area (Å²) in [4.78, 5) is 10.4. The first kappa shape index (κ1) is 13.7. The topological polar surface area (TPSA) is 83.5 Å². The highest BCUT2D eigenvalue weighted by atomic mass is 16.4. The van der Waals surface area contributed by atoms with Gasteiger partial charge >= 0.3 is 5.97 Å². The second kappa shape index (κ2) is 5.80. The molecule has 17 heavy (non-hydrogen) atoms. The largest absolute Gasteiger partial charge is 0.481 e. The van der Waals surface area contributed by atoms with Crippen molar-refractivity contribution < 1.29 is 15.0 Å². The first-order chi connectivity index (χ1) is 7.91. The summed E-state index contributed by atoms with van der Waals surface area (Å²) in [7, 11) is 0. The molecule has 0 saturated carbocycles. The summed E-state index contributed by atoms with van der Waals surface area (Å²) in [5.74, 6) is -0.896. The summed E-state index contributed by atoms with van der Waals surface area (Å²) < 4.78 is 0. The van der Waals surface area contributed by atoms with Gasteiger partial charge in [0.25, 0.3) is 0 Å². The van der Waals surface area contributed by atoms with Gasteiger partial charge in [-0.2, -0.15) is 0 Å². The Bertz CT molecular complexity index is 404. The van der Waals surface area contributed by atoms with E-state index in [1.54, 1.807) is 0 Å². The van der Waals surface area contributed by atoms with Gasteiger partial charge in [0.1, 0.15) is 0 Å². The molecule has 94 valence electrons. The first-order valence-electron chi connectivity index (χ1n) is 5.64. The Morgan fingerprint density at radius 3 is 2.53 bits per heavy atom. The second-order valence-electron chi connectivity index (χ2n) is 4.38. The van der Waals surface area contributed by atoms with Crippen molar-refractivity contribution in [2.75, 3.05) is 0 Å². The maximum absolute atomic E-state index is 10.4. The highest BCUT2D eigenvalue weighted by Crippen LogP contribution is 2.21. The van der Waals surface area contributed by atoms with E-state index in [1.807, 2.05) is 32.0 Å². The molecule has 2 unspecified atom stereocenters. The summed E-state index contributed by atoms with van der Waals surface area (Å²) in [6.45, 7) is 3.96. The fraction of sp³-hybridized carbons (Fsp3) is 0.462. The van der Waals surface area contributed by atoms with Crippen LogP contribution in [0.25, 0.3) is 0 Å². The fourth-order valence-electron chi connectivity index (χ4n) is 1.64. The van der Waals surface area contributed by atoms with Crippen LogP contribution in [0.3, 0.4) is 0 Å². The minimum atomic E-state index is -0.896. The lowest BCUT2D eigenvalue weighted by Crippen LogP contribution is -2.29. The highest BCUT2D eigenvalue weighted by Gasteiger charge is 2.18. The standard InChI is InChI=1S/C13H19NO3/c1-8-3-4-10(7-9(8)2)13(17)11(14)5-6-12(15)16/h3-4,7,11,13,17H,5-6,14H2,1-2H3,(H,15,16). The molecular formula is C13H19NO3. The molecule has 4 heteroatoms. The van der Waals surface area contributed by atoms with Gasteiger partial charge in [0.15, 0.2) is 0 Å². The Morgan fingerprint density at radius 2 is 2.00 bits per heavy atom. The van der Waals surface area contributed by atoms with E-state index in [4.69, 9.17) is 10.8 Å². The molecule has 0 aliphatic rings. The van der Waals surface area contributed by atoms with E-state index in [2.05, 4.69) is 0 Å². The number of aliphatic hydroxyl groups excluding tert-OH is 1. The fourth-order valence-corrected chi connectivity index (χ4v) is 1.64. The minimum Gasteiger partial charge on any atom is -0.481 e. The van der Waals surface area contributed by atoms with Crippen molar-refractivity contribution in [3.63, 3.8) is 0 Å². The lowest BCUT2D eigenvalue weighted by Gasteiger charge is -2.19. The Hall–Kier alpha value is -1.39. The van der Waals surface area contributed by atoms with Crippen LogP contribution >= 0.6 is 0 Å². The summed E-state index contributed by atoms with van der Waals surface area (Å²) in [5, 5.41) is 18.6. The maximum atomic E-state index is 10.4. The summed E-state index contributed by atoms with van der Waals surface area (Å²) >= 11 is 0. The van der Waals surface area contributed by atoms with E-state index >= 15 is 0 Å².